The summed E-state index contributed by atoms with van der Waals surface area (Å²) in [5.74, 6) is 1.23. The van der Waals surface area contributed by atoms with Crippen LogP contribution in [0.4, 0.5) is 0 Å². The minimum atomic E-state index is 0.860. The Bertz CT molecular complexity index is 308. The maximum absolute atomic E-state index is 3.55. The molecule has 0 aliphatic heterocycles. The second-order valence-electron chi connectivity index (χ2n) is 4.24. The van der Waals surface area contributed by atoms with Gasteiger partial charge in [-0.25, -0.2) is 0 Å². The summed E-state index contributed by atoms with van der Waals surface area (Å²) < 4.78 is 1.16. The molecule has 1 nitrogen and oxygen atoms in total. The van der Waals surface area contributed by atoms with Gasteiger partial charge >= 0.3 is 0 Å². The van der Waals surface area contributed by atoms with Crippen LogP contribution < -0.4 is 5.32 Å². The topological polar surface area (TPSA) is 12.0 Å². The van der Waals surface area contributed by atoms with Crippen molar-refractivity contribution in [2.24, 2.45) is 0 Å². The summed E-state index contributed by atoms with van der Waals surface area (Å²) in [6, 6.07) is 9.43. The zero-order valence-corrected chi connectivity index (χ0v) is 11.8. The molecule has 0 bridgehead atoms. The van der Waals surface area contributed by atoms with Crippen LogP contribution in [-0.4, -0.2) is 18.3 Å². The van der Waals surface area contributed by atoms with E-state index < -0.39 is 0 Å². The van der Waals surface area contributed by atoms with E-state index in [1.54, 1.807) is 0 Å². The van der Waals surface area contributed by atoms with Crippen molar-refractivity contribution in [3.05, 3.63) is 28.7 Å². The zero-order valence-electron chi connectivity index (χ0n) is 9.42. The van der Waals surface area contributed by atoms with Gasteiger partial charge in [0.2, 0.25) is 0 Å². The lowest BCUT2D eigenvalue weighted by atomic mass is 10.3. The molecule has 1 fully saturated rings. The molecule has 1 aromatic rings. The van der Waals surface area contributed by atoms with E-state index in [0.29, 0.717) is 0 Å². The van der Waals surface area contributed by atoms with Gasteiger partial charge in [-0.15, -0.1) is 11.8 Å². The second-order valence-corrected chi connectivity index (χ2v) is 6.32. The third-order valence-corrected chi connectivity index (χ3v) is 4.29. The third kappa shape index (κ3) is 4.89. The quantitative estimate of drug-likeness (QED) is 0.601. The summed E-state index contributed by atoms with van der Waals surface area (Å²) in [5, 5.41) is 3.55. The van der Waals surface area contributed by atoms with Crippen molar-refractivity contribution in [3.63, 3.8) is 0 Å². The van der Waals surface area contributed by atoms with Gasteiger partial charge < -0.3 is 5.32 Å². The lowest BCUT2D eigenvalue weighted by molar-refractivity contribution is 0.640. The van der Waals surface area contributed by atoms with Crippen molar-refractivity contribution in [1.29, 1.82) is 0 Å². The predicted molar refractivity (Wildman–Crippen MR) is 75.1 cm³/mol. The van der Waals surface area contributed by atoms with E-state index in [1.165, 1.54) is 42.9 Å². The molecule has 3 heteroatoms. The van der Waals surface area contributed by atoms with Crippen LogP contribution in [0.1, 0.15) is 25.7 Å². The molecule has 1 aliphatic rings. The maximum Gasteiger partial charge on any atom is 0.0176 e. The molecule has 0 spiro atoms. The van der Waals surface area contributed by atoms with Gasteiger partial charge in [0.15, 0.2) is 0 Å². The summed E-state index contributed by atoms with van der Waals surface area (Å²) in [7, 11) is 0. The number of hydrogen-bond acceptors (Lipinski definition) is 2. The van der Waals surface area contributed by atoms with Crippen LogP contribution in [0.2, 0.25) is 0 Å². The molecular formula is C13H18BrNS. The smallest absolute Gasteiger partial charge is 0.0176 e. The Morgan fingerprint density at radius 3 is 2.62 bits per heavy atom. The molecule has 0 atom stereocenters. The monoisotopic (exact) mass is 299 g/mol. The molecule has 16 heavy (non-hydrogen) atoms. The first-order valence-corrected chi connectivity index (χ1v) is 7.74. The maximum atomic E-state index is 3.55. The molecule has 1 aromatic carbocycles. The van der Waals surface area contributed by atoms with Gasteiger partial charge in [0, 0.05) is 15.4 Å². The van der Waals surface area contributed by atoms with Crippen LogP contribution in [0.5, 0.6) is 0 Å². The normalized spacial score (nSPS) is 15.3. The first kappa shape index (κ1) is 12.5. The Kier molecular flexibility index (Phi) is 5.20. The first-order chi connectivity index (χ1) is 7.84. The van der Waals surface area contributed by atoms with Crippen LogP contribution in [0.3, 0.4) is 0 Å². The van der Waals surface area contributed by atoms with E-state index >= 15 is 0 Å². The van der Waals surface area contributed by atoms with Gasteiger partial charge in [-0.05, 0) is 62.2 Å². The van der Waals surface area contributed by atoms with E-state index in [9.17, 15) is 0 Å². The number of nitrogens with one attached hydrogen (secondary N) is 1. The number of hydrogen-bond donors (Lipinski definition) is 1. The Balaban J connectivity index is 1.51. The minimum absolute atomic E-state index is 0.860. The van der Waals surface area contributed by atoms with Crippen molar-refractivity contribution in [3.8, 4) is 0 Å². The SMILES string of the molecule is Brc1ccc(SCCCCNC2CC2)cc1. The summed E-state index contributed by atoms with van der Waals surface area (Å²) in [4.78, 5) is 1.37. The Hall–Kier alpha value is 0.01000. The minimum Gasteiger partial charge on any atom is -0.314 e. The van der Waals surface area contributed by atoms with Crippen LogP contribution in [-0.2, 0) is 0 Å². The van der Waals surface area contributed by atoms with Crippen LogP contribution in [0.25, 0.3) is 0 Å². The fraction of sp³-hybridized carbons (Fsp3) is 0.538. The van der Waals surface area contributed by atoms with E-state index in [2.05, 4.69) is 45.5 Å². The summed E-state index contributed by atoms with van der Waals surface area (Å²) in [6.07, 6.45) is 5.40. The number of thioether (sulfide) groups is 1. The van der Waals surface area contributed by atoms with Gasteiger partial charge in [0.25, 0.3) is 0 Å². The highest BCUT2D eigenvalue weighted by molar-refractivity contribution is 9.10. The van der Waals surface area contributed by atoms with Crippen LogP contribution >= 0.6 is 27.7 Å². The molecule has 0 heterocycles. The molecule has 0 saturated heterocycles. The van der Waals surface area contributed by atoms with Crippen molar-refractivity contribution < 1.29 is 0 Å². The first-order valence-electron chi connectivity index (χ1n) is 5.96. The molecule has 1 saturated carbocycles. The molecule has 0 aromatic heterocycles. The average Bonchev–Trinajstić information content (AvgIpc) is 3.10. The third-order valence-electron chi connectivity index (χ3n) is 2.66. The fourth-order valence-electron chi connectivity index (χ4n) is 1.54. The lowest BCUT2D eigenvalue weighted by Crippen LogP contribution is -2.17. The van der Waals surface area contributed by atoms with Gasteiger partial charge in [0.05, 0.1) is 0 Å². The van der Waals surface area contributed by atoms with Gasteiger partial charge in [-0.1, -0.05) is 15.9 Å². The van der Waals surface area contributed by atoms with E-state index in [4.69, 9.17) is 0 Å². The summed E-state index contributed by atoms with van der Waals surface area (Å²) >= 11 is 5.40. The molecule has 0 unspecified atom stereocenters. The van der Waals surface area contributed by atoms with E-state index in [1.807, 2.05) is 11.8 Å². The molecule has 1 N–H and O–H groups in total. The van der Waals surface area contributed by atoms with Crippen molar-refractivity contribution in [2.75, 3.05) is 12.3 Å². The van der Waals surface area contributed by atoms with Crippen molar-refractivity contribution in [2.45, 2.75) is 36.6 Å². The van der Waals surface area contributed by atoms with Gasteiger partial charge in [-0.3, -0.25) is 0 Å². The highest BCUT2D eigenvalue weighted by atomic mass is 79.9. The van der Waals surface area contributed by atoms with E-state index in [0.717, 1.165) is 10.5 Å². The number of benzene rings is 1. The second kappa shape index (κ2) is 6.67. The highest BCUT2D eigenvalue weighted by Crippen LogP contribution is 2.22. The molecule has 0 radical (unpaired) electrons. The molecule has 0 amide bonds. The number of unbranched alkanes of at least 4 members (excludes halogenated alkanes) is 1. The fourth-order valence-corrected chi connectivity index (χ4v) is 2.72. The summed E-state index contributed by atoms with van der Waals surface area (Å²) in [6.45, 7) is 1.20. The van der Waals surface area contributed by atoms with Gasteiger partial charge in [0.1, 0.15) is 0 Å². The standard InChI is InChI=1S/C13H18BrNS/c14-11-3-7-13(8-4-11)16-10-2-1-9-15-12-5-6-12/h3-4,7-8,12,15H,1-2,5-6,9-10H2. The number of rotatable bonds is 7. The van der Waals surface area contributed by atoms with Crippen molar-refractivity contribution >= 4 is 27.7 Å². The molecular weight excluding hydrogens is 282 g/mol. The Labute approximate surface area is 111 Å². The highest BCUT2D eigenvalue weighted by Gasteiger charge is 2.19. The average molecular weight is 300 g/mol. The van der Waals surface area contributed by atoms with E-state index in [-0.39, 0.29) is 0 Å². The van der Waals surface area contributed by atoms with Crippen molar-refractivity contribution in [1.82, 2.24) is 5.32 Å². The number of halogens is 1. The predicted octanol–water partition coefficient (Wildman–Crippen LogP) is 4.07. The lowest BCUT2D eigenvalue weighted by Gasteiger charge is -2.03. The van der Waals surface area contributed by atoms with Crippen LogP contribution in [0.15, 0.2) is 33.6 Å². The van der Waals surface area contributed by atoms with Gasteiger partial charge in [-0.2, -0.15) is 0 Å². The molecule has 88 valence electrons. The molecule has 1 aliphatic carbocycles. The Morgan fingerprint density at radius 1 is 1.19 bits per heavy atom. The molecule has 2 rings (SSSR count). The zero-order chi connectivity index (χ0) is 11.2. The largest absolute Gasteiger partial charge is 0.314 e. The summed E-state index contributed by atoms with van der Waals surface area (Å²) in [5.41, 5.74) is 0. The van der Waals surface area contributed by atoms with Crippen LogP contribution in [0, 0.1) is 0 Å². The Morgan fingerprint density at radius 2 is 1.94 bits per heavy atom.